The maximum atomic E-state index is 13.7. The van der Waals surface area contributed by atoms with Crippen LogP contribution in [0, 0.1) is 11.7 Å². The number of para-hydroxylation sites is 1. The summed E-state index contributed by atoms with van der Waals surface area (Å²) < 4.78 is 40.5. The Morgan fingerprint density at radius 3 is 2.74 bits per heavy atom. The third kappa shape index (κ3) is 5.06. The van der Waals surface area contributed by atoms with Gasteiger partial charge in [0.2, 0.25) is 15.9 Å². The van der Waals surface area contributed by atoms with E-state index in [0.29, 0.717) is 30.0 Å². The van der Waals surface area contributed by atoms with Crippen molar-refractivity contribution in [2.75, 3.05) is 18.4 Å². The van der Waals surface area contributed by atoms with Gasteiger partial charge in [-0.1, -0.05) is 35.9 Å². The maximum absolute atomic E-state index is 13.7. The topological polar surface area (TPSA) is 66.5 Å². The molecule has 1 aliphatic rings. The molecule has 8 heteroatoms. The number of amides is 1. The number of rotatable bonds is 5. The Bertz CT molecular complexity index is 936. The summed E-state index contributed by atoms with van der Waals surface area (Å²) in [5.41, 5.74) is 0.696. The van der Waals surface area contributed by atoms with Gasteiger partial charge in [-0.3, -0.25) is 4.79 Å². The quantitative estimate of drug-likeness (QED) is 0.818. The van der Waals surface area contributed by atoms with Gasteiger partial charge in [-0.2, -0.15) is 0 Å². The van der Waals surface area contributed by atoms with Gasteiger partial charge in [0.15, 0.2) is 0 Å². The molecule has 0 spiro atoms. The number of hydrogen-bond donors (Lipinski definition) is 1. The summed E-state index contributed by atoms with van der Waals surface area (Å²) in [5, 5.41) is 3.03. The standard InChI is InChI=1S/C19H20ClFN2O3S/c20-16-7-3-5-14(11-16)13-27(25,26)23-10-4-6-15(12-23)19(24)22-18-9-2-1-8-17(18)21/h1-3,5,7-9,11,15H,4,6,10,12-13H2,(H,22,24). The average Bonchev–Trinajstić information content (AvgIpc) is 2.63. The molecule has 0 saturated carbocycles. The van der Waals surface area contributed by atoms with Crippen molar-refractivity contribution in [1.82, 2.24) is 4.31 Å². The van der Waals surface area contributed by atoms with Crippen molar-refractivity contribution in [2.45, 2.75) is 18.6 Å². The van der Waals surface area contributed by atoms with E-state index in [-0.39, 0.29) is 23.9 Å². The molecule has 1 N–H and O–H groups in total. The molecular weight excluding hydrogens is 391 g/mol. The maximum Gasteiger partial charge on any atom is 0.228 e. The number of piperidine rings is 1. The van der Waals surface area contributed by atoms with Gasteiger partial charge in [-0.25, -0.2) is 17.1 Å². The van der Waals surface area contributed by atoms with Gasteiger partial charge in [0.1, 0.15) is 5.82 Å². The Balaban J connectivity index is 1.67. The van der Waals surface area contributed by atoms with Crippen LogP contribution in [0.4, 0.5) is 10.1 Å². The number of halogens is 2. The van der Waals surface area contributed by atoms with Crippen LogP contribution in [0.3, 0.4) is 0 Å². The van der Waals surface area contributed by atoms with Crippen LogP contribution in [0.5, 0.6) is 0 Å². The number of benzene rings is 2. The van der Waals surface area contributed by atoms with E-state index in [4.69, 9.17) is 11.6 Å². The van der Waals surface area contributed by atoms with Crippen molar-refractivity contribution in [2.24, 2.45) is 5.92 Å². The van der Waals surface area contributed by atoms with E-state index in [1.54, 1.807) is 30.3 Å². The number of carbonyl (C=O) groups excluding carboxylic acids is 1. The van der Waals surface area contributed by atoms with E-state index < -0.39 is 21.8 Å². The second-order valence-electron chi connectivity index (χ2n) is 6.55. The second kappa shape index (κ2) is 8.37. The molecule has 3 rings (SSSR count). The molecule has 1 aliphatic heterocycles. The first-order valence-electron chi connectivity index (χ1n) is 8.63. The highest BCUT2D eigenvalue weighted by molar-refractivity contribution is 7.88. The molecular formula is C19H20ClFN2O3S. The lowest BCUT2D eigenvalue weighted by Gasteiger charge is -2.31. The first-order chi connectivity index (χ1) is 12.8. The molecule has 1 amide bonds. The fourth-order valence-corrected chi connectivity index (χ4v) is 4.95. The Hall–Kier alpha value is -1.96. The predicted molar refractivity (Wildman–Crippen MR) is 103 cm³/mol. The molecule has 2 aromatic rings. The van der Waals surface area contributed by atoms with Gasteiger partial charge in [0.05, 0.1) is 17.4 Å². The fourth-order valence-electron chi connectivity index (χ4n) is 3.14. The molecule has 1 heterocycles. The summed E-state index contributed by atoms with van der Waals surface area (Å²) >= 11 is 5.92. The first-order valence-corrected chi connectivity index (χ1v) is 10.6. The zero-order valence-electron chi connectivity index (χ0n) is 14.6. The smallest absolute Gasteiger partial charge is 0.228 e. The van der Waals surface area contributed by atoms with Crippen molar-refractivity contribution in [3.8, 4) is 0 Å². The van der Waals surface area contributed by atoms with Crippen molar-refractivity contribution < 1.29 is 17.6 Å². The van der Waals surface area contributed by atoms with E-state index >= 15 is 0 Å². The number of nitrogens with zero attached hydrogens (tertiary/aromatic N) is 1. The van der Waals surface area contributed by atoms with Crippen LogP contribution in [0.1, 0.15) is 18.4 Å². The monoisotopic (exact) mass is 410 g/mol. The van der Waals surface area contributed by atoms with Crippen LogP contribution >= 0.6 is 11.6 Å². The molecule has 1 fully saturated rings. The van der Waals surface area contributed by atoms with Crippen molar-refractivity contribution in [3.05, 3.63) is 64.9 Å². The summed E-state index contributed by atoms with van der Waals surface area (Å²) in [5.74, 6) is -1.59. The number of hydrogen-bond acceptors (Lipinski definition) is 3. The molecule has 144 valence electrons. The minimum atomic E-state index is -3.58. The molecule has 1 saturated heterocycles. The molecule has 0 radical (unpaired) electrons. The van der Waals surface area contributed by atoms with Crippen LogP contribution in [0.15, 0.2) is 48.5 Å². The van der Waals surface area contributed by atoms with E-state index in [0.717, 1.165) is 0 Å². The number of carbonyl (C=O) groups is 1. The van der Waals surface area contributed by atoms with E-state index in [1.165, 1.54) is 22.5 Å². The van der Waals surface area contributed by atoms with E-state index in [2.05, 4.69) is 5.32 Å². The Kier molecular flexibility index (Phi) is 6.14. The first kappa shape index (κ1) is 19.8. The summed E-state index contributed by atoms with van der Waals surface area (Å²) in [6, 6.07) is 12.6. The van der Waals surface area contributed by atoms with Gasteiger partial charge in [-0.05, 0) is 42.7 Å². The van der Waals surface area contributed by atoms with Crippen molar-refractivity contribution in [1.29, 1.82) is 0 Å². The van der Waals surface area contributed by atoms with Crippen LogP contribution in [0.25, 0.3) is 0 Å². The molecule has 0 bridgehead atoms. The summed E-state index contributed by atoms with van der Waals surface area (Å²) in [6.07, 6.45) is 1.13. The molecule has 0 aliphatic carbocycles. The van der Waals surface area contributed by atoms with Crippen LogP contribution < -0.4 is 5.32 Å². The lowest BCUT2D eigenvalue weighted by molar-refractivity contribution is -0.120. The van der Waals surface area contributed by atoms with E-state index in [9.17, 15) is 17.6 Å². The molecule has 2 aromatic carbocycles. The third-order valence-electron chi connectivity index (χ3n) is 4.52. The number of nitrogens with one attached hydrogen (secondary N) is 1. The van der Waals surface area contributed by atoms with Crippen molar-refractivity contribution in [3.63, 3.8) is 0 Å². The Morgan fingerprint density at radius 1 is 1.22 bits per heavy atom. The van der Waals surface area contributed by atoms with Gasteiger partial charge in [0, 0.05) is 18.1 Å². The molecule has 1 atom stereocenters. The highest BCUT2D eigenvalue weighted by atomic mass is 35.5. The summed E-state index contributed by atoms with van der Waals surface area (Å²) in [7, 11) is -3.58. The summed E-state index contributed by atoms with van der Waals surface area (Å²) in [6.45, 7) is 0.454. The van der Waals surface area contributed by atoms with Crippen LogP contribution in [-0.4, -0.2) is 31.7 Å². The minimum Gasteiger partial charge on any atom is -0.323 e. The van der Waals surface area contributed by atoms with Crippen LogP contribution in [0.2, 0.25) is 5.02 Å². The average molecular weight is 411 g/mol. The lowest BCUT2D eigenvalue weighted by Crippen LogP contribution is -2.44. The van der Waals surface area contributed by atoms with Gasteiger partial charge in [0.25, 0.3) is 0 Å². The Morgan fingerprint density at radius 2 is 2.00 bits per heavy atom. The van der Waals surface area contributed by atoms with Crippen LogP contribution in [-0.2, 0) is 20.6 Å². The zero-order chi connectivity index (χ0) is 19.4. The highest BCUT2D eigenvalue weighted by Gasteiger charge is 2.32. The van der Waals surface area contributed by atoms with Crippen molar-refractivity contribution >= 4 is 33.2 Å². The highest BCUT2D eigenvalue weighted by Crippen LogP contribution is 2.24. The predicted octanol–water partition coefficient (Wildman–Crippen LogP) is 3.66. The largest absolute Gasteiger partial charge is 0.323 e. The summed E-state index contributed by atoms with van der Waals surface area (Å²) in [4.78, 5) is 12.5. The number of sulfonamides is 1. The molecule has 1 unspecified atom stereocenters. The number of anilines is 1. The lowest BCUT2D eigenvalue weighted by atomic mass is 9.98. The van der Waals surface area contributed by atoms with Gasteiger partial charge >= 0.3 is 0 Å². The SMILES string of the molecule is O=C(Nc1ccccc1F)C1CCCN(S(=O)(=O)Cc2cccc(Cl)c2)C1. The zero-order valence-corrected chi connectivity index (χ0v) is 16.1. The fraction of sp³-hybridized carbons (Fsp3) is 0.316. The molecule has 5 nitrogen and oxygen atoms in total. The molecule has 27 heavy (non-hydrogen) atoms. The third-order valence-corrected chi connectivity index (χ3v) is 6.57. The normalized spacial score (nSPS) is 18.2. The van der Waals surface area contributed by atoms with Gasteiger partial charge in [-0.15, -0.1) is 0 Å². The minimum absolute atomic E-state index is 0.0865. The van der Waals surface area contributed by atoms with Gasteiger partial charge < -0.3 is 5.32 Å². The molecule has 0 aromatic heterocycles. The second-order valence-corrected chi connectivity index (χ2v) is 8.96. The Labute approximate surface area is 163 Å². The van der Waals surface area contributed by atoms with E-state index in [1.807, 2.05) is 0 Å².